The normalized spacial score (nSPS) is 10.4. The third-order valence-electron chi connectivity index (χ3n) is 1.90. The van der Waals surface area contributed by atoms with E-state index in [0.717, 1.165) is 5.82 Å². The number of carbonyl (C=O) groups excluding carboxylic acids is 1. The molecule has 0 bridgehead atoms. The second-order valence-corrected chi connectivity index (χ2v) is 2.95. The van der Waals surface area contributed by atoms with Crippen LogP contribution in [0.15, 0.2) is 18.9 Å². The fourth-order valence-corrected chi connectivity index (χ4v) is 1.14. The third-order valence-corrected chi connectivity index (χ3v) is 1.90. The lowest BCUT2D eigenvalue weighted by Crippen LogP contribution is -2.03. The number of aryl methyl sites for hydroxylation is 1. The van der Waals surface area contributed by atoms with E-state index >= 15 is 0 Å². The molecule has 0 N–H and O–H groups in total. The molecule has 6 heteroatoms. The summed E-state index contributed by atoms with van der Waals surface area (Å²) in [7, 11) is 1.87. The van der Waals surface area contributed by atoms with Crippen LogP contribution in [0.3, 0.4) is 0 Å². The van der Waals surface area contributed by atoms with Crippen molar-refractivity contribution in [2.45, 2.75) is 6.54 Å². The number of hydrogen-bond donors (Lipinski definition) is 0. The molecular formula is C8H9N5O. The van der Waals surface area contributed by atoms with E-state index in [-0.39, 0.29) is 0 Å². The summed E-state index contributed by atoms with van der Waals surface area (Å²) in [5.74, 6) is 0.819. The Morgan fingerprint density at radius 1 is 1.50 bits per heavy atom. The van der Waals surface area contributed by atoms with Crippen molar-refractivity contribution in [1.29, 1.82) is 0 Å². The topological polar surface area (TPSA) is 65.6 Å². The number of aldehydes is 1. The van der Waals surface area contributed by atoms with E-state index in [2.05, 4.69) is 15.2 Å². The van der Waals surface area contributed by atoms with Crippen LogP contribution in [0, 0.1) is 0 Å². The van der Waals surface area contributed by atoms with Gasteiger partial charge in [-0.05, 0) is 0 Å². The van der Waals surface area contributed by atoms with Crippen LogP contribution in [0.5, 0.6) is 0 Å². The average Bonchev–Trinajstić information content (AvgIpc) is 2.77. The van der Waals surface area contributed by atoms with Gasteiger partial charge in [-0.15, -0.1) is 10.2 Å². The molecule has 0 aliphatic heterocycles. The Hall–Kier alpha value is -1.98. The van der Waals surface area contributed by atoms with Crippen LogP contribution in [-0.2, 0) is 13.6 Å². The first-order valence-corrected chi connectivity index (χ1v) is 4.09. The van der Waals surface area contributed by atoms with Gasteiger partial charge in [-0.1, -0.05) is 0 Å². The lowest BCUT2D eigenvalue weighted by atomic mass is 10.5. The van der Waals surface area contributed by atoms with Gasteiger partial charge >= 0.3 is 0 Å². The molecule has 0 unspecified atom stereocenters. The fraction of sp³-hybridized carbons (Fsp3) is 0.250. The molecular weight excluding hydrogens is 182 g/mol. The van der Waals surface area contributed by atoms with Gasteiger partial charge in [0.2, 0.25) is 0 Å². The molecule has 14 heavy (non-hydrogen) atoms. The van der Waals surface area contributed by atoms with E-state index in [0.29, 0.717) is 18.5 Å². The predicted octanol–water partition coefficient (Wildman–Crippen LogP) is -0.128. The van der Waals surface area contributed by atoms with Gasteiger partial charge in [-0.3, -0.25) is 4.79 Å². The van der Waals surface area contributed by atoms with Crippen molar-refractivity contribution in [1.82, 2.24) is 24.3 Å². The Kier molecular flexibility index (Phi) is 2.10. The lowest BCUT2D eigenvalue weighted by molar-refractivity contribution is 0.111. The zero-order valence-electron chi connectivity index (χ0n) is 7.66. The Bertz CT molecular complexity index is 444. The molecule has 2 rings (SSSR count). The summed E-state index contributed by atoms with van der Waals surface area (Å²) in [6, 6.07) is 0. The molecule has 0 atom stereocenters. The van der Waals surface area contributed by atoms with Gasteiger partial charge in [0.1, 0.15) is 12.0 Å². The van der Waals surface area contributed by atoms with Crippen molar-refractivity contribution in [2.24, 2.45) is 7.05 Å². The summed E-state index contributed by atoms with van der Waals surface area (Å²) in [5, 5.41) is 7.68. The predicted molar refractivity (Wildman–Crippen MR) is 47.7 cm³/mol. The van der Waals surface area contributed by atoms with Gasteiger partial charge in [0.25, 0.3) is 0 Å². The zero-order valence-corrected chi connectivity index (χ0v) is 7.66. The van der Waals surface area contributed by atoms with E-state index in [4.69, 9.17) is 0 Å². The second kappa shape index (κ2) is 3.41. The molecule has 6 nitrogen and oxygen atoms in total. The summed E-state index contributed by atoms with van der Waals surface area (Å²) < 4.78 is 3.61. The third kappa shape index (κ3) is 1.54. The van der Waals surface area contributed by atoms with Crippen LogP contribution < -0.4 is 0 Å². The Balaban J connectivity index is 2.18. The van der Waals surface area contributed by atoms with Crippen molar-refractivity contribution in [3.8, 4) is 0 Å². The van der Waals surface area contributed by atoms with E-state index in [1.165, 1.54) is 0 Å². The van der Waals surface area contributed by atoms with Gasteiger partial charge in [-0.25, -0.2) is 4.98 Å². The van der Waals surface area contributed by atoms with Gasteiger partial charge in [0.05, 0.1) is 12.9 Å². The van der Waals surface area contributed by atoms with Crippen LogP contribution in [0.25, 0.3) is 0 Å². The zero-order chi connectivity index (χ0) is 9.97. The largest absolute Gasteiger partial charge is 0.329 e. The van der Waals surface area contributed by atoms with Crippen LogP contribution in [-0.4, -0.2) is 30.6 Å². The minimum absolute atomic E-state index is 0.423. The van der Waals surface area contributed by atoms with Crippen molar-refractivity contribution >= 4 is 6.29 Å². The molecule has 0 spiro atoms. The Labute approximate surface area is 80.2 Å². The first-order valence-electron chi connectivity index (χ1n) is 4.09. The first kappa shape index (κ1) is 8.61. The summed E-state index contributed by atoms with van der Waals surface area (Å²) in [5.41, 5.74) is 0.423. The number of rotatable bonds is 3. The highest BCUT2D eigenvalue weighted by molar-refractivity contribution is 5.70. The van der Waals surface area contributed by atoms with Crippen LogP contribution >= 0.6 is 0 Å². The highest BCUT2D eigenvalue weighted by Crippen LogP contribution is 1.98. The maximum absolute atomic E-state index is 10.4. The highest BCUT2D eigenvalue weighted by Gasteiger charge is 2.02. The fourth-order valence-electron chi connectivity index (χ4n) is 1.14. The molecule has 2 heterocycles. The van der Waals surface area contributed by atoms with E-state index < -0.39 is 0 Å². The van der Waals surface area contributed by atoms with Crippen molar-refractivity contribution in [3.63, 3.8) is 0 Å². The lowest BCUT2D eigenvalue weighted by Gasteiger charge is -1.99. The van der Waals surface area contributed by atoms with E-state index in [1.54, 1.807) is 23.4 Å². The van der Waals surface area contributed by atoms with Gasteiger partial charge < -0.3 is 9.13 Å². The Morgan fingerprint density at radius 2 is 2.36 bits per heavy atom. The molecule has 0 aliphatic carbocycles. The van der Waals surface area contributed by atoms with Crippen molar-refractivity contribution < 1.29 is 4.79 Å². The number of aromatic nitrogens is 5. The molecule has 2 aromatic heterocycles. The molecule has 72 valence electrons. The summed E-state index contributed by atoms with van der Waals surface area (Å²) in [6.07, 6.45) is 5.61. The minimum Gasteiger partial charge on any atom is -0.329 e. The van der Waals surface area contributed by atoms with Gasteiger partial charge in [-0.2, -0.15) is 0 Å². The molecule has 0 aliphatic rings. The molecule has 0 saturated carbocycles. The van der Waals surface area contributed by atoms with Crippen LogP contribution in [0.4, 0.5) is 0 Å². The van der Waals surface area contributed by atoms with Gasteiger partial charge in [0.15, 0.2) is 12.1 Å². The summed E-state index contributed by atoms with van der Waals surface area (Å²) in [6.45, 7) is 0.567. The van der Waals surface area contributed by atoms with Crippen molar-refractivity contribution in [3.05, 3.63) is 30.4 Å². The maximum atomic E-state index is 10.4. The summed E-state index contributed by atoms with van der Waals surface area (Å²) >= 11 is 0. The van der Waals surface area contributed by atoms with Crippen LogP contribution in [0.1, 0.15) is 16.3 Å². The molecule has 2 aromatic rings. The second-order valence-electron chi connectivity index (χ2n) is 2.95. The van der Waals surface area contributed by atoms with E-state index in [9.17, 15) is 4.79 Å². The quantitative estimate of drug-likeness (QED) is 0.634. The monoisotopic (exact) mass is 191 g/mol. The summed E-state index contributed by atoms with van der Waals surface area (Å²) in [4.78, 5) is 14.3. The first-order chi connectivity index (χ1) is 6.79. The number of hydrogen-bond acceptors (Lipinski definition) is 4. The average molecular weight is 191 g/mol. The van der Waals surface area contributed by atoms with Crippen molar-refractivity contribution in [2.75, 3.05) is 0 Å². The van der Waals surface area contributed by atoms with Crippen LogP contribution in [0.2, 0.25) is 0 Å². The smallest absolute Gasteiger partial charge is 0.169 e. The number of nitrogens with zero attached hydrogens (tertiary/aromatic N) is 5. The Morgan fingerprint density at radius 3 is 2.93 bits per heavy atom. The molecule has 0 fully saturated rings. The maximum Gasteiger partial charge on any atom is 0.169 e. The SMILES string of the molecule is Cn1cnnc1Cn1cnc(C=O)c1. The highest BCUT2D eigenvalue weighted by atomic mass is 16.1. The standard InChI is InChI=1S/C8H9N5O/c1-12-6-10-11-8(12)3-13-2-7(4-14)9-5-13/h2,4-6H,3H2,1H3. The minimum atomic E-state index is 0.423. The molecule has 0 aromatic carbocycles. The molecule has 0 amide bonds. The van der Waals surface area contributed by atoms with Gasteiger partial charge in [0, 0.05) is 13.2 Å². The molecule has 0 saturated heterocycles. The van der Waals surface area contributed by atoms with E-state index in [1.807, 2.05) is 11.6 Å². The number of imidazole rings is 1. The number of carbonyl (C=O) groups is 1. The molecule has 0 radical (unpaired) electrons.